The van der Waals surface area contributed by atoms with Crippen molar-refractivity contribution in [1.82, 2.24) is 4.98 Å². The van der Waals surface area contributed by atoms with E-state index in [1.54, 1.807) is 14.2 Å². The van der Waals surface area contributed by atoms with Gasteiger partial charge in [-0.25, -0.2) is 4.98 Å². The zero-order chi connectivity index (χ0) is 16.4. The standard InChI is InChI=1S/C19H21NO3/c1-5-12-9-14(21-3)7-8-16(12)19-20-17-11-15(22-4)10-13(6-2)18(17)23-19/h7-11H,5-6H2,1-4H3. The van der Waals surface area contributed by atoms with Gasteiger partial charge < -0.3 is 13.9 Å². The first-order valence-electron chi connectivity index (χ1n) is 7.84. The first-order chi connectivity index (χ1) is 11.2. The number of aromatic nitrogens is 1. The highest BCUT2D eigenvalue weighted by Gasteiger charge is 2.15. The van der Waals surface area contributed by atoms with Gasteiger partial charge in [-0.1, -0.05) is 13.8 Å². The van der Waals surface area contributed by atoms with Gasteiger partial charge in [-0.15, -0.1) is 0 Å². The highest BCUT2D eigenvalue weighted by Crippen LogP contribution is 2.33. The molecule has 0 aliphatic carbocycles. The number of aryl methyl sites for hydroxylation is 2. The number of nitrogens with zero attached hydrogens (tertiary/aromatic N) is 1. The maximum absolute atomic E-state index is 6.08. The summed E-state index contributed by atoms with van der Waals surface area (Å²) >= 11 is 0. The first-order valence-corrected chi connectivity index (χ1v) is 7.84. The van der Waals surface area contributed by atoms with E-state index in [4.69, 9.17) is 13.9 Å². The lowest BCUT2D eigenvalue weighted by molar-refractivity contribution is 0.414. The lowest BCUT2D eigenvalue weighted by Gasteiger charge is -2.07. The topological polar surface area (TPSA) is 44.5 Å². The highest BCUT2D eigenvalue weighted by molar-refractivity contribution is 5.81. The molecule has 0 bridgehead atoms. The number of rotatable bonds is 5. The Morgan fingerprint density at radius 2 is 1.61 bits per heavy atom. The molecule has 0 amide bonds. The Morgan fingerprint density at radius 3 is 2.26 bits per heavy atom. The third-order valence-corrected chi connectivity index (χ3v) is 4.08. The number of hydrogen-bond donors (Lipinski definition) is 0. The van der Waals surface area contributed by atoms with Crippen molar-refractivity contribution in [3.8, 4) is 23.0 Å². The minimum atomic E-state index is 0.641. The molecule has 1 aromatic heterocycles. The molecule has 4 heteroatoms. The average Bonchev–Trinajstić information content (AvgIpc) is 3.03. The number of ether oxygens (including phenoxy) is 2. The van der Waals surface area contributed by atoms with E-state index in [0.29, 0.717) is 5.89 Å². The van der Waals surface area contributed by atoms with Crippen LogP contribution in [0.4, 0.5) is 0 Å². The fourth-order valence-corrected chi connectivity index (χ4v) is 2.77. The molecular weight excluding hydrogens is 290 g/mol. The second-order valence-electron chi connectivity index (χ2n) is 5.38. The molecule has 3 rings (SSSR count). The Bertz CT molecular complexity index is 836. The average molecular weight is 311 g/mol. The summed E-state index contributed by atoms with van der Waals surface area (Å²) in [6.07, 6.45) is 1.75. The zero-order valence-corrected chi connectivity index (χ0v) is 14.0. The van der Waals surface area contributed by atoms with Crippen LogP contribution in [0.25, 0.3) is 22.6 Å². The van der Waals surface area contributed by atoms with Gasteiger partial charge in [-0.05, 0) is 42.7 Å². The minimum absolute atomic E-state index is 0.641. The molecule has 0 aliphatic heterocycles. The summed E-state index contributed by atoms with van der Waals surface area (Å²) in [5.41, 5.74) is 4.92. The third-order valence-electron chi connectivity index (χ3n) is 4.08. The molecule has 0 N–H and O–H groups in total. The second kappa shape index (κ2) is 6.32. The number of benzene rings is 2. The van der Waals surface area contributed by atoms with Crippen molar-refractivity contribution in [2.24, 2.45) is 0 Å². The van der Waals surface area contributed by atoms with E-state index in [9.17, 15) is 0 Å². The number of fused-ring (bicyclic) bond motifs is 1. The zero-order valence-electron chi connectivity index (χ0n) is 14.0. The first kappa shape index (κ1) is 15.4. The molecule has 3 aromatic rings. The van der Waals surface area contributed by atoms with Crippen LogP contribution >= 0.6 is 0 Å². The fourth-order valence-electron chi connectivity index (χ4n) is 2.77. The van der Waals surface area contributed by atoms with Crippen LogP contribution in [-0.2, 0) is 12.8 Å². The Labute approximate surface area is 136 Å². The lowest BCUT2D eigenvalue weighted by Crippen LogP contribution is -1.90. The summed E-state index contributed by atoms with van der Waals surface area (Å²) in [5, 5.41) is 0. The van der Waals surface area contributed by atoms with Crippen LogP contribution < -0.4 is 9.47 Å². The smallest absolute Gasteiger partial charge is 0.227 e. The maximum atomic E-state index is 6.08. The molecule has 0 saturated heterocycles. The Morgan fingerprint density at radius 1 is 0.913 bits per heavy atom. The van der Waals surface area contributed by atoms with Crippen molar-refractivity contribution in [3.63, 3.8) is 0 Å². The summed E-state index contributed by atoms with van der Waals surface area (Å²) in [7, 11) is 3.34. The summed E-state index contributed by atoms with van der Waals surface area (Å²) in [5.74, 6) is 2.29. The van der Waals surface area contributed by atoms with Gasteiger partial charge in [0.05, 0.1) is 14.2 Å². The van der Waals surface area contributed by atoms with Crippen molar-refractivity contribution in [1.29, 1.82) is 0 Å². The molecule has 23 heavy (non-hydrogen) atoms. The minimum Gasteiger partial charge on any atom is -0.497 e. The van der Waals surface area contributed by atoms with E-state index >= 15 is 0 Å². The SMILES string of the molecule is CCc1cc(OC)ccc1-c1nc2cc(OC)cc(CC)c2o1. The molecule has 0 atom stereocenters. The number of hydrogen-bond acceptors (Lipinski definition) is 4. The van der Waals surface area contributed by atoms with E-state index in [0.717, 1.165) is 52.1 Å². The fraction of sp³-hybridized carbons (Fsp3) is 0.316. The van der Waals surface area contributed by atoms with Crippen LogP contribution in [0.2, 0.25) is 0 Å². The van der Waals surface area contributed by atoms with E-state index < -0.39 is 0 Å². The molecule has 1 heterocycles. The van der Waals surface area contributed by atoms with Gasteiger partial charge in [0.2, 0.25) is 5.89 Å². The van der Waals surface area contributed by atoms with Crippen LogP contribution in [0.1, 0.15) is 25.0 Å². The summed E-state index contributed by atoms with van der Waals surface area (Å²) < 4.78 is 16.7. The van der Waals surface area contributed by atoms with Crippen molar-refractivity contribution in [2.75, 3.05) is 14.2 Å². The van der Waals surface area contributed by atoms with Crippen LogP contribution in [0, 0.1) is 0 Å². The maximum Gasteiger partial charge on any atom is 0.227 e. The van der Waals surface area contributed by atoms with Gasteiger partial charge in [0.25, 0.3) is 0 Å². The molecule has 2 aromatic carbocycles. The molecule has 0 radical (unpaired) electrons. The molecule has 0 aliphatic rings. The molecule has 4 nitrogen and oxygen atoms in total. The van der Waals surface area contributed by atoms with Gasteiger partial charge in [-0.3, -0.25) is 0 Å². The molecular formula is C19H21NO3. The normalized spacial score (nSPS) is 11.0. The van der Waals surface area contributed by atoms with E-state index in [1.807, 2.05) is 30.3 Å². The Kier molecular flexibility index (Phi) is 4.24. The van der Waals surface area contributed by atoms with Crippen molar-refractivity contribution in [2.45, 2.75) is 26.7 Å². The van der Waals surface area contributed by atoms with Crippen molar-refractivity contribution < 1.29 is 13.9 Å². The highest BCUT2D eigenvalue weighted by atomic mass is 16.5. The van der Waals surface area contributed by atoms with E-state index in [1.165, 1.54) is 0 Å². The van der Waals surface area contributed by atoms with Gasteiger partial charge in [-0.2, -0.15) is 0 Å². The van der Waals surface area contributed by atoms with Crippen LogP contribution in [0.15, 0.2) is 34.7 Å². The molecule has 0 spiro atoms. The monoisotopic (exact) mass is 311 g/mol. The van der Waals surface area contributed by atoms with Crippen molar-refractivity contribution in [3.05, 3.63) is 41.5 Å². The second-order valence-corrected chi connectivity index (χ2v) is 5.38. The quantitative estimate of drug-likeness (QED) is 0.688. The third kappa shape index (κ3) is 2.77. The van der Waals surface area contributed by atoms with Gasteiger partial charge in [0.15, 0.2) is 5.58 Å². The van der Waals surface area contributed by atoms with Crippen LogP contribution in [0.3, 0.4) is 0 Å². The predicted molar refractivity (Wildman–Crippen MR) is 91.3 cm³/mol. The van der Waals surface area contributed by atoms with Gasteiger partial charge in [0.1, 0.15) is 17.0 Å². The largest absolute Gasteiger partial charge is 0.497 e. The summed E-state index contributed by atoms with van der Waals surface area (Å²) in [4.78, 5) is 4.68. The lowest BCUT2D eigenvalue weighted by atomic mass is 10.0. The van der Waals surface area contributed by atoms with E-state index in [-0.39, 0.29) is 0 Å². The molecule has 0 unspecified atom stereocenters. The van der Waals surface area contributed by atoms with Crippen LogP contribution in [0.5, 0.6) is 11.5 Å². The molecule has 120 valence electrons. The number of oxazole rings is 1. The summed E-state index contributed by atoms with van der Waals surface area (Å²) in [6, 6.07) is 9.89. The van der Waals surface area contributed by atoms with Crippen molar-refractivity contribution >= 4 is 11.1 Å². The van der Waals surface area contributed by atoms with Gasteiger partial charge in [0, 0.05) is 17.2 Å². The predicted octanol–water partition coefficient (Wildman–Crippen LogP) is 4.64. The Hall–Kier alpha value is -2.49. The summed E-state index contributed by atoms with van der Waals surface area (Å²) in [6.45, 7) is 4.21. The molecule has 0 saturated carbocycles. The van der Waals surface area contributed by atoms with E-state index in [2.05, 4.69) is 18.8 Å². The van der Waals surface area contributed by atoms with Crippen LogP contribution in [-0.4, -0.2) is 19.2 Å². The molecule has 0 fully saturated rings. The van der Waals surface area contributed by atoms with Gasteiger partial charge >= 0.3 is 0 Å². The Balaban J connectivity index is 2.17. The number of methoxy groups -OCH3 is 2.